The van der Waals surface area contributed by atoms with Crippen LogP contribution in [0, 0.1) is 6.92 Å². The van der Waals surface area contributed by atoms with Gasteiger partial charge in [0.2, 0.25) is 0 Å². The van der Waals surface area contributed by atoms with Gasteiger partial charge in [0.1, 0.15) is 10.4 Å². The van der Waals surface area contributed by atoms with Crippen LogP contribution in [0.2, 0.25) is 0 Å². The molecule has 1 aliphatic heterocycles. The smallest absolute Gasteiger partial charge is 0.266 e. The summed E-state index contributed by atoms with van der Waals surface area (Å²) < 4.78 is 28.4. The molecule has 1 aromatic heterocycles. The van der Waals surface area contributed by atoms with E-state index < -0.39 is 27.9 Å². The summed E-state index contributed by atoms with van der Waals surface area (Å²) in [4.78, 5) is 32.7. The molecule has 10 heteroatoms. The average Bonchev–Trinajstić information content (AvgIpc) is 3.25. The molecule has 4 aromatic rings. The zero-order valence-electron chi connectivity index (χ0n) is 21.9. The molecule has 5 rings (SSSR count). The number of thiocarbonyl (C=S) groups is 1. The molecule has 206 valence electrons. The van der Waals surface area contributed by atoms with Gasteiger partial charge in [0.05, 0.1) is 9.80 Å². The molecule has 7 nitrogen and oxygen atoms in total. The highest BCUT2D eigenvalue weighted by atomic mass is 32.2. The second kappa shape index (κ2) is 12.2. The van der Waals surface area contributed by atoms with Crippen molar-refractivity contribution in [1.82, 2.24) is 14.6 Å². The Morgan fingerprint density at radius 1 is 0.951 bits per heavy atom. The summed E-state index contributed by atoms with van der Waals surface area (Å²) in [5.74, 6) is -1.30. The number of amides is 2. The number of nitrogens with one attached hydrogen (secondary N) is 1. The Hall–Kier alpha value is -4.12. The van der Waals surface area contributed by atoms with Gasteiger partial charge in [0, 0.05) is 18.8 Å². The normalized spacial score (nSPS) is 15.2. The number of nitrogens with zero attached hydrogens (tertiary/aromatic N) is 2. The van der Waals surface area contributed by atoms with Crippen molar-refractivity contribution in [2.24, 2.45) is 0 Å². The Labute approximate surface area is 248 Å². The van der Waals surface area contributed by atoms with E-state index >= 15 is 0 Å². The first kappa shape index (κ1) is 28.4. The molecule has 41 heavy (non-hydrogen) atoms. The third-order valence-electron chi connectivity index (χ3n) is 6.50. The van der Waals surface area contributed by atoms with Crippen LogP contribution < -0.4 is 4.72 Å². The van der Waals surface area contributed by atoms with E-state index in [0.29, 0.717) is 4.91 Å². The van der Waals surface area contributed by atoms with Crippen molar-refractivity contribution in [2.75, 3.05) is 0 Å². The van der Waals surface area contributed by atoms with E-state index in [-0.39, 0.29) is 15.6 Å². The van der Waals surface area contributed by atoms with Crippen LogP contribution in [0.3, 0.4) is 0 Å². The van der Waals surface area contributed by atoms with E-state index in [0.717, 1.165) is 39.6 Å². The predicted octanol–water partition coefficient (Wildman–Crippen LogP) is 5.37. The molecule has 0 bridgehead atoms. The number of rotatable bonds is 8. The molecule has 2 amide bonds. The SMILES string of the molecule is Cc1ccc(S(=O)(=O)NC(=O)[C@H](Cc2ccccc2)N2C(=O)/C(=C/c3ccc(-c4ccncc4)cc3)SC2=S)cc1. The monoisotopic (exact) mass is 599 g/mol. The molecule has 0 unspecified atom stereocenters. The highest BCUT2D eigenvalue weighted by molar-refractivity contribution is 8.26. The van der Waals surface area contributed by atoms with Gasteiger partial charge < -0.3 is 0 Å². The summed E-state index contributed by atoms with van der Waals surface area (Å²) >= 11 is 6.63. The number of aromatic nitrogens is 1. The Morgan fingerprint density at radius 2 is 1.59 bits per heavy atom. The Morgan fingerprint density at radius 3 is 2.24 bits per heavy atom. The van der Waals surface area contributed by atoms with Crippen LogP contribution in [0.15, 0.2) is 113 Å². The molecule has 1 N–H and O–H groups in total. The number of pyridine rings is 1. The third kappa shape index (κ3) is 6.62. The molecule has 0 saturated carbocycles. The van der Waals surface area contributed by atoms with Gasteiger partial charge in [0.25, 0.3) is 21.8 Å². The molecular weight excluding hydrogens is 575 g/mol. The molecule has 1 atom stereocenters. The minimum absolute atomic E-state index is 0.0459. The van der Waals surface area contributed by atoms with Crippen LogP contribution in [0.1, 0.15) is 16.7 Å². The maximum atomic E-state index is 13.6. The molecule has 0 spiro atoms. The first-order valence-corrected chi connectivity index (χ1v) is 15.4. The molecular formula is C31H25N3O4S3. The number of benzene rings is 3. The fraction of sp³-hybridized carbons (Fsp3) is 0.0968. The zero-order valence-corrected chi connectivity index (χ0v) is 24.4. The van der Waals surface area contributed by atoms with Crippen LogP contribution in [0.5, 0.6) is 0 Å². The van der Waals surface area contributed by atoms with E-state index in [9.17, 15) is 18.0 Å². The molecule has 3 aromatic carbocycles. The van der Waals surface area contributed by atoms with Crippen molar-refractivity contribution in [3.63, 3.8) is 0 Å². The van der Waals surface area contributed by atoms with Crippen molar-refractivity contribution in [1.29, 1.82) is 0 Å². The summed E-state index contributed by atoms with van der Waals surface area (Å²) in [6, 6.07) is 25.6. The largest absolute Gasteiger partial charge is 0.280 e. The maximum absolute atomic E-state index is 13.6. The van der Waals surface area contributed by atoms with Crippen molar-refractivity contribution in [3.05, 3.63) is 125 Å². The lowest BCUT2D eigenvalue weighted by molar-refractivity contribution is -0.131. The van der Waals surface area contributed by atoms with Crippen LogP contribution in [0.25, 0.3) is 17.2 Å². The molecule has 0 aliphatic carbocycles. The summed E-state index contributed by atoms with van der Waals surface area (Å²) in [7, 11) is -4.17. The highest BCUT2D eigenvalue weighted by Crippen LogP contribution is 2.35. The summed E-state index contributed by atoms with van der Waals surface area (Å²) in [6.45, 7) is 1.84. The van der Waals surface area contributed by atoms with Crippen molar-refractivity contribution in [3.8, 4) is 11.1 Å². The van der Waals surface area contributed by atoms with Gasteiger partial charge in [0.15, 0.2) is 0 Å². The van der Waals surface area contributed by atoms with Gasteiger partial charge in [-0.1, -0.05) is 96.3 Å². The standard InChI is InChI=1S/C31H25N3O4S3/c1-21-7-13-26(14-8-21)41(37,38)33-29(35)27(19-22-5-3-2-4-6-22)34-30(36)28(40-31(34)39)20-23-9-11-24(12-10-23)25-15-17-32-18-16-25/h2-18,20,27H,19H2,1H3,(H,33,35)/b28-20-/t27-/m0/s1. The number of hydrogen-bond acceptors (Lipinski definition) is 7. The van der Waals surface area contributed by atoms with Crippen LogP contribution in [0.4, 0.5) is 0 Å². The fourth-order valence-electron chi connectivity index (χ4n) is 4.33. The molecule has 0 radical (unpaired) electrons. The van der Waals surface area contributed by atoms with Crippen LogP contribution in [-0.4, -0.2) is 40.5 Å². The van der Waals surface area contributed by atoms with Crippen molar-refractivity contribution in [2.45, 2.75) is 24.3 Å². The van der Waals surface area contributed by atoms with Gasteiger partial charge in [-0.05, 0) is 59.5 Å². The number of carbonyl (C=O) groups is 2. The Balaban J connectivity index is 1.41. The molecule has 1 aliphatic rings. The second-order valence-electron chi connectivity index (χ2n) is 9.40. The van der Waals surface area contributed by atoms with Gasteiger partial charge in [-0.3, -0.25) is 19.5 Å². The van der Waals surface area contributed by atoms with E-state index in [4.69, 9.17) is 12.2 Å². The predicted molar refractivity (Wildman–Crippen MR) is 165 cm³/mol. The number of aryl methyl sites for hydroxylation is 1. The highest BCUT2D eigenvalue weighted by Gasteiger charge is 2.41. The van der Waals surface area contributed by atoms with Crippen molar-refractivity contribution >= 4 is 56.2 Å². The summed E-state index contributed by atoms with van der Waals surface area (Å²) in [6.07, 6.45) is 5.25. The van der Waals surface area contributed by atoms with E-state index in [1.165, 1.54) is 17.0 Å². The topological polar surface area (TPSA) is 96.4 Å². The molecule has 2 heterocycles. The van der Waals surface area contributed by atoms with E-state index in [1.54, 1.807) is 30.6 Å². The van der Waals surface area contributed by atoms with Gasteiger partial charge >= 0.3 is 0 Å². The van der Waals surface area contributed by atoms with Gasteiger partial charge in [-0.2, -0.15) is 0 Å². The molecule has 1 fully saturated rings. The number of carbonyl (C=O) groups excluding carboxylic acids is 2. The third-order valence-corrected chi connectivity index (χ3v) is 9.19. The second-order valence-corrected chi connectivity index (χ2v) is 12.8. The minimum Gasteiger partial charge on any atom is -0.280 e. The summed E-state index contributed by atoms with van der Waals surface area (Å²) in [5, 5.41) is 0. The van der Waals surface area contributed by atoms with Crippen molar-refractivity contribution < 1.29 is 18.0 Å². The number of thioether (sulfide) groups is 1. The Kier molecular flexibility index (Phi) is 8.44. The van der Waals surface area contributed by atoms with E-state index in [2.05, 4.69) is 9.71 Å². The number of sulfonamides is 1. The van der Waals surface area contributed by atoms with Gasteiger partial charge in [-0.15, -0.1) is 0 Å². The summed E-state index contributed by atoms with van der Waals surface area (Å²) in [5.41, 5.74) is 4.45. The quantitative estimate of drug-likeness (QED) is 0.215. The fourth-order valence-corrected chi connectivity index (χ4v) is 6.70. The molecule has 1 saturated heterocycles. The number of hydrogen-bond donors (Lipinski definition) is 1. The van der Waals surface area contributed by atoms with Crippen LogP contribution >= 0.6 is 24.0 Å². The Bertz CT molecular complexity index is 1720. The van der Waals surface area contributed by atoms with E-state index in [1.807, 2.05) is 73.7 Å². The first-order valence-electron chi connectivity index (χ1n) is 12.7. The van der Waals surface area contributed by atoms with Gasteiger partial charge in [-0.25, -0.2) is 13.1 Å². The lowest BCUT2D eigenvalue weighted by Crippen LogP contribution is -2.51. The lowest BCUT2D eigenvalue weighted by Gasteiger charge is -2.26. The average molecular weight is 600 g/mol. The maximum Gasteiger partial charge on any atom is 0.266 e. The lowest BCUT2D eigenvalue weighted by atomic mass is 10.0. The first-order chi connectivity index (χ1) is 19.7. The van der Waals surface area contributed by atoms with Crippen LogP contribution in [-0.2, 0) is 26.0 Å². The zero-order chi connectivity index (χ0) is 29.0. The minimum atomic E-state index is -4.17.